The number of sulfone groups is 2. The smallest absolute Gasteiger partial charge is 0.229 e. The van der Waals surface area contributed by atoms with Crippen molar-refractivity contribution in [2.45, 2.75) is 35.8 Å². The Balaban J connectivity index is 1.50. The molecule has 2 heterocycles. The van der Waals surface area contributed by atoms with Crippen LogP contribution in [0.2, 0.25) is 5.02 Å². The fraction of sp³-hybridized carbons (Fsp3) is 0.429. The topological polar surface area (TPSA) is 134 Å². The van der Waals surface area contributed by atoms with Crippen LogP contribution in [0.15, 0.2) is 58.5 Å². The van der Waals surface area contributed by atoms with E-state index in [1.165, 1.54) is 31.5 Å². The molecule has 0 aliphatic carbocycles. The summed E-state index contributed by atoms with van der Waals surface area (Å²) >= 11 is 6.35. The number of hydrogen-bond acceptors (Lipinski definition) is 11. The zero-order valence-corrected chi connectivity index (χ0v) is 26.6. The first-order valence-corrected chi connectivity index (χ1v) is 17.3. The van der Waals surface area contributed by atoms with Gasteiger partial charge in [-0.1, -0.05) is 30.7 Å². The van der Waals surface area contributed by atoms with Gasteiger partial charge < -0.3 is 20.3 Å². The molecule has 3 aromatic rings. The molecule has 0 amide bonds. The lowest BCUT2D eigenvalue weighted by Gasteiger charge is -2.33. The van der Waals surface area contributed by atoms with E-state index in [9.17, 15) is 16.8 Å². The van der Waals surface area contributed by atoms with Gasteiger partial charge in [-0.2, -0.15) is 4.98 Å². The van der Waals surface area contributed by atoms with E-state index >= 15 is 0 Å². The van der Waals surface area contributed by atoms with Crippen LogP contribution >= 0.6 is 11.6 Å². The molecule has 11 nitrogen and oxygen atoms in total. The van der Waals surface area contributed by atoms with Crippen molar-refractivity contribution >= 4 is 54.4 Å². The quantitative estimate of drug-likeness (QED) is 0.296. The number of ether oxygens (including phenoxy) is 1. The third kappa shape index (κ3) is 7.51. The van der Waals surface area contributed by atoms with Crippen LogP contribution in [-0.4, -0.2) is 94.0 Å². The maximum atomic E-state index is 13.1. The minimum Gasteiger partial charge on any atom is -0.495 e. The molecule has 4 rings (SSSR count). The first kappa shape index (κ1) is 32.0. The molecule has 42 heavy (non-hydrogen) atoms. The molecular formula is C28H37ClN6O5S2. The fourth-order valence-corrected chi connectivity index (χ4v) is 7.14. The highest BCUT2D eigenvalue weighted by atomic mass is 35.5. The summed E-state index contributed by atoms with van der Waals surface area (Å²) in [5, 5.41) is 5.62. The van der Waals surface area contributed by atoms with Gasteiger partial charge in [-0.05, 0) is 44.7 Å². The number of piperazine rings is 1. The minimum absolute atomic E-state index is 0.0123. The van der Waals surface area contributed by atoms with E-state index in [0.29, 0.717) is 23.7 Å². The first-order chi connectivity index (χ1) is 19.9. The maximum absolute atomic E-state index is 13.1. The van der Waals surface area contributed by atoms with E-state index in [1.807, 2.05) is 0 Å². The lowest BCUT2D eigenvalue weighted by atomic mass is 10.3. The molecule has 0 spiro atoms. The largest absolute Gasteiger partial charge is 0.495 e. The molecule has 2 aromatic carbocycles. The lowest BCUT2D eigenvalue weighted by Crippen LogP contribution is -2.47. The van der Waals surface area contributed by atoms with Crippen LogP contribution in [0.3, 0.4) is 0 Å². The van der Waals surface area contributed by atoms with Crippen LogP contribution in [0.5, 0.6) is 5.75 Å². The zero-order valence-electron chi connectivity index (χ0n) is 24.2. The number of hydrogen-bond donors (Lipinski definition) is 2. The molecule has 2 N–H and O–H groups in total. The number of benzene rings is 2. The summed E-state index contributed by atoms with van der Waals surface area (Å²) < 4.78 is 57.5. The van der Waals surface area contributed by atoms with Gasteiger partial charge in [0.25, 0.3) is 0 Å². The van der Waals surface area contributed by atoms with Gasteiger partial charge in [-0.3, -0.25) is 4.90 Å². The van der Waals surface area contributed by atoms with Crippen molar-refractivity contribution in [2.75, 3.05) is 62.8 Å². The summed E-state index contributed by atoms with van der Waals surface area (Å²) in [6.45, 7) is 10.4. The average Bonchev–Trinajstić information content (AvgIpc) is 2.98. The summed E-state index contributed by atoms with van der Waals surface area (Å²) in [6.07, 6.45) is 1.38. The molecule has 1 aliphatic rings. The molecular weight excluding hydrogens is 600 g/mol. The molecule has 1 fully saturated rings. The second-order valence-electron chi connectivity index (χ2n) is 10.2. The molecule has 0 radical (unpaired) electrons. The Morgan fingerprint density at radius 2 is 1.67 bits per heavy atom. The van der Waals surface area contributed by atoms with Gasteiger partial charge in [0.2, 0.25) is 5.95 Å². The third-order valence-corrected chi connectivity index (χ3v) is 11.4. The van der Waals surface area contributed by atoms with E-state index in [0.717, 1.165) is 32.7 Å². The van der Waals surface area contributed by atoms with Crippen LogP contribution in [-0.2, 0) is 19.7 Å². The van der Waals surface area contributed by atoms with Crippen LogP contribution in [0.4, 0.5) is 23.1 Å². The second kappa shape index (κ2) is 13.6. The van der Waals surface area contributed by atoms with E-state index in [2.05, 4.69) is 37.3 Å². The maximum Gasteiger partial charge on any atom is 0.229 e. The van der Waals surface area contributed by atoms with Crippen molar-refractivity contribution in [3.05, 3.63) is 53.7 Å². The Hall–Kier alpha value is -2.97. The second-order valence-corrected chi connectivity index (χ2v) is 15.2. The van der Waals surface area contributed by atoms with Crippen LogP contribution in [0.1, 0.15) is 20.8 Å². The Morgan fingerprint density at radius 3 is 2.33 bits per heavy atom. The van der Waals surface area contributed by atoms with Crippen LogP contribution in [0, 0.1) is 0 Å². The number of anilines is 4. The monoisotopic (exact) mass is 636 g/mol. The van der Waals surface area contributed by atoms with Crippen molar-refractivity contribution in [1.82, 2.24) is 19.8 Å². The van der Waals surface area contributed by atoms with Crippen molar-refractivity contribution in [3.63, 3.8) is 0 Å². The fourth-order valence-electron chi connectivity index (χ4n) is 4.50. The highest BCUT2D eigenvalue weighted by molar-refractivity contribution is 7.92. The van der Waals surface area contributed by atoms with Gasteiger partial charge in [0, 0.05) is 38.8 Å². The Morgan fingerprint density at radius 1 is 0.976 bits per heavy atom. The van der Waals surface area contributed by atoms with Crippen molar-refractivity contribution < 1.29 is 21.6 Å². The number of methoxy groups -OCH3 is 1. The number of para-hydroxylation sites is 1. The zero-order chi connectivity index (χ0) is 30.5. The molecule has 1 saturated heterocycles. The summed E-state index contributed by atoms with van der Waals surface area (Å²) in [4.78, 5) is 13.5. The summed E-state index contributed by atoms with van der Waals surface area (Å²) in [5.41, 5.74) is 0.778. The number of likely N-dealkylation sites (N-methyl/N-ethyl adjacent to an activating group) is 1. The predicted molar refractivity (Wildman–Crippen MR) is 166 cm³/mol. The van der Waals surface area contributed by atoms with Crippen molar-refractivity contribution in [3.8, 4) is 5.75 Å². The number of aromatic nitrogens is 2. The van der Waals surface area contributed by atoms with Crippen molar-refractivity contribution in [1.29, 1.82) is 0 Å². The highest BCUT2D eigenvalue weighted by Crippen LogP contribution is 2.33. The standard InChI is InChI=1S/C28H37ClN6O5S2/c1-5-34-12-14-35(15-13-34)16-17-41(36,37)21-10-11-23(25(18-21)40-4)32-28-30-19-22(29)27(33-28)31-24-8-6-7-9-26(24)42(38,39)20(2)3/h6-11,18-20H,5,12-17H2,1-4H3,(H2,30,31,32,33). The molecule has 0 unspecified atom stereocenters. The number of nitrogens with one attached hydrogen (secondary N) is 2. The Bertz CT molecular complexity index is 1610. The Kier molecular flexibility index (Phi) is 10.3. The van der Waals surface area contributed by atoms with E-state index in [1.54, 1.807) is 38.1 Å². The Labute approximate surface area is 253 Å². The molecule has 0 bridgehead atoms. The number of halogens is 1. The lowest BCUT2D eigenvalue weighted by molar-refractivity contribution is 0.143. The summed E-state index contributed by atoms with van der Waals surface area (Å²) in [7, 11) is -5.66. The SMILES string of the molecule is CCN1CCN(CCS(=O)(=O)c2ccc(Nc3ncc(Cl)c(Nc4ccccc4S(=O)(=O)C(C)C)n3)c(OC)c2)CC1. The summed E-state index contributed by atoms with van der Waals surface area (Å²) in [6, 6.07) is 11.1. The molecule has 228 valence electrons. The normalized spacial score (nSPS) is 15.1. The van der Waals surface area contributed by atoms with Gasteiger partial charge in [-0.15, -0.1) is 0 Å². The molecule has 1 aliphatic heterocycles. The molecule has 0 atom stereocenters. The van der Waals surface area contributed by atoms with E-state index in [4.69, 9.17) is 16.3 Å². The van der Waals surface area contributed by atoms with E-state index in [-0.39, 0.29) is 32.3 Å². The van der Waals surface area contributed by atoms with Crippen molar-refractivity contribution in [2.24, 2.45) is 0 Å². The number of rotatable bonds is 12. The molecule has 14 heteroatoms. The highest BCUT2D eigenvalue weighted by Gasteiger charge is 2.24. The van der Waals surface area contributed by atoms with Gasteiger partial charge >= 0.3 is 0 Å². The van der Waals surface area contributed by atoms with E-state index < -0.39 is 24.9 Å². The van der Waals surface area contributed by atoms with Gasteiger partial charge in [0.1, 0.15) is 10.8 Å². The van der Waals surface area contributed by atoms with Crippen LogP contribution in [0.25, 0.3) is 0 Å². The molecule has 1 aromatic heterocycles. The van der Waals surface area contributed by atoms with Gasteiger partial charge in [-0.25, -0.2) is 21.8 Å². The summed E-state index contributed by atoms with van der Waals surface area (Å²) in [5.74, 6) is 0.650. The minimum atomic E-state index is -3.57. The first-order valence-electron chi connectivity index (χ1n) is 13.7. The number of nitrogens with zero attached hydrogens (tertiary/aromatic N) is 4. The van der Waals surface area contributed by atoms with Gasteiger partial charge in [0.05, 0.1) is 45.5 Å². The average molecular weight is 637 g/mol. The van der Waals surface area contributed by atoms with Crippen LogP contribution < -0.4 is 15.4 Å². The predicted octanol–water partition coefficient (Wildman–Crippen LogP) is 4.22. The molecule has 0 saturated carbocycles. The third-order valence-electron chi connectivity index (χ3n) is 7.18. The van der Waals surface area contributed by atoms with Gasteiger partial charge in [0.15, 0.2) is 25.5 Å².